The van der Waals surface area contributed by atoms with Gasteiger partial charge in [-0.3, -0.25) is 4.79 Å². The summed E-state index contributed by atoms with van der Waals surface area (Å²) >= 11 is 0. The Kier molecular flexibility index (Phi) is 5.69. The summed E-state index contributed by atoms with van der Waals surface area (Å²) in [7, 11) is 0. The lowest BCUT2D eigenvalue weighted by Gasteiger charge is -2.16. The van der Waals surface area contributed by atoms with Crippen molar-refractivity contribution in [2.75, 3.05) is 0 Å². The molecule has 1 amide bonds. The van der Waals surface area contributed by atoms with E-state index < -0.39 is 35.8 Å². The minimum Gasteiger partial charge on any atom is -0.480 e. The van der Waals surface area contributed by atoms with Gasteiger partial charge in [0.25, 0.3) is 5.91 Å². The minimum atomic E-state index is -4.52. The van der Waals surface area contributed by atoms with Crippen molar-refractivity contribution in [3.05, 3.63) is 48.0 Å². The van der Waals surface area contributed by atoms with E-state index in [2.05, 4.69) is 11.9 Å². The summed E-state index contributed by atoms with van der Waals surface area (Å²) in [5.74, 6) is -2.33. The molecule has 3 N–H and O–H groups in total. The van der Waals surface area contributed by atoms with E-state index in [1.165, 1.54) is 6.08 Å². The second-order valence-corrected chi connectivity index (χ2v) is 4.45. The van der Waals surface area contributed by atoms with E-state index in [-0.39, 0.29) is 12.0 Å². The van der Waals surface area contributed by atoms with E-state index in [1.807, 2.05) is 0 Å². The van der Waals surface area contributed by atoms with Crippen LogP contribution in [-0.4, -0.2) is 28.1 Å². The molecule has 0 aliphatic rings. The molecule has 0 unspecified atom stereocenters. The Labute approximate surface area is 124 Å². The van der Waals surface area contributed by atoms with Crippen molar-refractivity contribution >= 4 is 11.9 Å². The average molecular weight is 317 g/mol. The largest absolute Gasteiger partial charge is 0.480 e. The zero-order valence-corrected chi connectivity index (χ0v) is 11.3. The Hall–Kier alpha value is -2.35. The number of benzene rings is 1. The van der Waals surface area contributed by atoms with Crippen LogP contribution in [0.4, 0.5) is 13.2 Å². The summed E-state index contributed by atoms with van der Waals surface area (Å²) in [6.45, 7) is 3.34. The smallest absolute Gasteiger partial charge is 0.416 e. The van der Waals surface area contributed by atoms with Crippen molar-refractivity contribution in [1.82, 2.24) is 5.32 Å². The van der Waals surface area contributed by atoms with Gasteiger partial charge in [-0.05, 0) is 24.1 Å². The van der Waals surface area contributed by atoms with Crippen LogP contribution in [0.3, 0.4) is 0 Å². The van der Waals surface area contributed by atoms with Crippen LogP contribution < -0.4 is 5.32 Å². The molecule has 8 heteroatoms. The highest BCUT2D eigenvalue weighted by Crippen LogP contribution is 2.29. The lowest BCUT2D eigenvalue weighted by Crippen LogP contribution is -2.42. The highest BCUT2D eigenvalue weighted by atomic mass is 19.4. The molecule has 120 valence electrons. The number of amides is 1. The standard InChI is InChI=1S/C14H14F3NO4/c1-2-3-10(13(21)22)18-12(20)11(19)8-4-6-9(7-5-8)14(15,16)17/h2,4-7,10-11,19H,1,3H2,(H,18,20)(H,21,22)/t10-,11+/m0/s1. The number of hydrogen-bond donors (Lipinski definition) is 3. The normalized spacial score (nSPS) is 14.0. The third-order valence-corrected chi connectivity index (χ3v) is 2.82. The predicted molar refractivity (Wildman–Crippen MR) is 70.8 cm³/mol. The van der Waals surface area contributed by atoms with Gasteiger partial charge in [-0.25, -0.2) is 4.79 Å². The van der Waals surface area contributed by atoms with Crippen molar-refractivity contribution in [2.24, 2.45) is 0 Å². The Bertz CT molecular complexity index is 554. The molecule has 0 spiro atoms. The average Bonchev–Trinajstić information content (AvgIpc) is 2.45. The first kappa shape index (κ1) is 17.7. The second kappa shape index (κ2) is 7.08. The molecule has 0 radical (unpaired) electrons. The Balaban J connectivity index is 2.82. The van der Waals surface area contributed by atoms with Crippen molar-refractivity contribution in [3.8, 4) is 0 Å². The molecule has 0 aliphatic heterocycles. The third kappa shape index (κ3) is 4.59. The van der Waals surface area contributed by atoms with Crippen molar-refractivity contribution in [2.45, 2.75) is 24.7 Å². The van der Waals surface area contributed by atoms with Crippen LogP contribution in [0.25, 0.3) is 0 Å². The number of aliphatic hydroxyl groups excluding tert-OH is 1. The zero-order valence-electron chi connectivity index (χ0n) is 11.3. The first-order valence-electron chi connectivity index (χ1n) is 6.16. The Morgan fingerprint density at radius 3 is 2.23 bits per heavy atom. The predicted octanol–water partition coefficient (Wildman–Crippen LogP) is 1.88. The SMILES string of the molecule is C=CC[C@H](NC(=O)[C@H](O)c1ccc(C(F)(F)F)cc1)C(=O)O. The molecule has 1 aromatic carbocycles. The fraction of sp³-hybridized carbons (Fsp3) is 0.286. The van der Waals surface area contributed by atoms with Crippen LogP contribution >= 0.6 is 0 Å². The lowest BCUT2D eigenvalue weighted by molar-refractivity contribution is -0.143. The number of rotatable bonds is 6. The molecule has 1 rings (SSSR count). The number of alkyl halides is 3. The van der Waals surface area contributed by atoms with Gasteiger partial charge in [-0.2, -0.15) is 13.2 Å². The summed E-state index contributed by atoms with van der Waals surface area (Å²) in [4.78, 5) is 22.6. The maximum Gasteiger partial charge on any atom is 0.416 e. The number of carboxylic acid groups (broad SMARTS) is 1. The van der Waals surface area contributed by atoms with Gasteiger partial charge in [0.05, 0.1) is 5.56 Å². The number of aliphatic hydroxyl groups is 1. The van der Waals surface area contributed by atoms with E-state index in [9.17, 15) is 27.9 Å². The van der Waals surface area contributed by atoms with Gasteiger partial charge in [0.1, 0.15) is 6.04 Å². The van der Waals surface area contributed by atoms with E-state index in [4.69, 9.17) is 5.11 Å². The minimum absolute atomic E-state index is 0.0548. The summed E-state index contributed by atoms with van der Waals surface area (Å²) in [6.07, 6.45) is -5.07. The molecule has 0 bridgehead atoms. The molecule has 0 saturated carbocycles. The lowest BCUT2D eigenvalue weighted by atomic mass is 10.1. The second-order valence-electron chi connectivity index (χ2n) is 4.45. The van der Waals surface area contributed by atoms with Crippen LogP contribution in [0.1, 0.15) is 23.7 Å². The van der Waals surface area contributed by atoms with Crippen LogP contribution in [0.2, 0.25) is 0 Å². The highest BCUT2D eigenvalue weighted by molar-refractivity contribution is 5.87. The first-order chi connectivity index (χ1) is 10.2. The molecule has 0 heterocycles. The fourth-order valence-corrected chi connectivity index (χ4v) is 1.64. The molecule has 22 heavy (non-hydrogen) atoms. The highest BCUT2D eigenvalue weighted by Gasteiger charge is 2.31. The number of nitrogens with one attached hydrogen (secondary N) is 1. The number of carbonyl (C=O) groups excluding carboxylic acids is 1. The summed E-state index contributed by atoms with van der Waals surface area (Å²) in [5.41, 5.74) is -0.993. The summed E-state index contributed by atoms with van der Waals surface area (Å²) in [5, 5.41) is 20.7. The van der Waals surface area contributed by atoms with Crippen LogP contribution in [0.15, 0.2) is 36.9 Å². The van der Waals surface area contributed by atoms with Gasteiger partial charge in [-0.15, -0.1) is 6.58 Å². The summed E-state index contributed by atoms with van der Waals surface area (Å²) in [6, 6.07) is 2.09. The molecule has 2 atom stereocenters. The van der Waals surface area contributed by atoms with Gasteiger partial charge in [0.15, 0.2) is 6.10 Å². The molecular weight excluding hydrogens is 303 g/mol. The maximum absolute atomic E-state index is 12.4. The fourth-order valence-electron chi connectivity index (χ4n) is 1.64. The number of hydrogen-bond acceptors (Lipinski definition) is 3. The van der Waals surface area contributed by atoms with E-state index >= 15 is 0 Å². The van der Waals surface area contributed by atoms with Gasteiger partial charge < -0.3 is 15.5 Å². The van der Waals surface area contributed by atoms with Crippen molar-refractivity contribution < 1.29 is 33.0 Å². The monoisotopic (exact) mass is 317 g/mol. The quantitative estimate of drug-likeness (QED) is 0.699. The Morgan fingerprint density at radius 1 is 1.27 bits per heavy atom. The maximum atomic E-state index is 12.4. The number of aliphatic carboxylic acids is 1. The van der Waals surface area contributed by atoms with Crippen LogP contribution in [-0.2, 0) is 15.8 Å². The van der Waals surface area contributed by atoms with E-state index in [0.29, 0.717) is 0 Å². The van der Waals surface area contributed by atoms with Crippen molar-refractivity contribution in [3.63, 3.8) is 0 Å². The molecule has 5 nitrogen and oxygen atoms in total. The molecule has 0 saturated heterocycles. The molecule has 0 aliphatic carbocycles. The zero-order chi connectivity index (χ0) is 16.9. The van der Waals surface area contributed by atoms with Gasteiger partial charge in [0.2, 0.25) is 0 Å². The van der Waals surface area contributed by atoms with E-state index in [0.717, 1.165) is 24.3 Å². The first-order valence-corrected chi connectivity index (χ1v) is 6.16. The summed E-state index contributed by atoms with van der Waals surface area (Å²) < 4.78 is 37.2. The van der Waals surface area contributed by atoms with Gasteiger partial charge in [-0.1, -0.05) is 18.2 Å². The number of carboxylic acids is 1. The van der Waals surface area contributed by atoms with Crippen LogP contribution in [0.5, 0.6) is 0 Å². The topological polar surface area (TPSA) is 86.6 Å². The van der Waals surface area contributed by atoms with Gasteiger partial charge >= 0.3 is 12.1 Å². The van der Waals surface area contributed by atoms with Crippen LogP contribution in [0, 0.1) is 0 Å². The molecule has 0 fully saturated rings. The number of halogens is 3. The van der Waals surface area contributed by atoms with Crippen molar-refractivity contribution in [1.29, 1.82) is 0 Å². The number of carbonyl (C=O) groups is 2. The molecular formula is C14H14F3NO4. The Morgan fingerprint density at radius 2 is 1.82 bits per heavy atom. The third-order valence-electron chi connectivity index (χ3n) is 2.82. The van der Waals surface area contributed by atoms with Gasteiger partial charge in [0, 0.05) is 0 Å². The molecule has 1 aromatic rings. The molecule has 0 aromatic heterocycles. The van der Waals surface area contributed by atoms with E-state index in [1.54, 1.807) is 0 Å².